The fourth-order valence-electron chi connectivity index (χ4n) is 3.00. The van der Waals surface area contributed by atoms with Crippen molar-refractivity contribution in [1.29, 1.82) is 0 Å². The molecule has 0 aromatic heterocycles. The van der Waals surface area contributed by atoms with Crippen molar-refractivity contribution < 1.29 is 15.0 Å². The third kappa shape index (κ3) is 3.75. The van der Waals surface area contributed by atoms with Crippen LogP contribution in [-0.4, -0.2) is 16.2 Å². The van der Waals surface area contributed by atoms with Crippen LogP contribution >= 0.6 is 0 Å². The number of benzene rings is 1. The van der Waals surface area contributed by atoms with E-state index in [1.165, 1.54) is 0 Å². The molecular formula is C17H26O3. The van der Waals surface area contributed by atoms with Gasteiger partial charge < -0.3 is 10.2 Å². The summed E-state index contributed by atoms with van der Waals surface area (Å²) in [5.41, 5.74) is 1.49. The van der Waals surface area contributed by atoms with Gasteiger partial charge in [-0.3, -0.25) is 0 Å². The van der Waals surface area contributed by atoms with Gasteiger partial charge in [-0.25, -0.2) is 4.79 Å². The molecular weight excluding hydrogens is 252 g/mol. The van der Waals surface area contributed by atoms with Crippen LogP contribution in [0.3, 0.4) is 0 Å². The van der Waals surface area contributed by atoms with Crippen LogP contribution in [0.2, 0.25) is 0 Å². The Hall–Kier alpha value is -1.51. The van der Waals surface area contributed by atoms with Gasteiger partial charge in [0.15, 0.2) is 0 Å². The molecule has 0 bridgehead atoms. The Balaban J connectivity index is 3.43. The van der Waals surface area contributed by atoms with Crippen LogP contribution in [0.25, 0.3) is 0 Å². The smallest absolute Gasteiger partial charge is 0.339 e. The van der Waals surface area contributed by atoms with Gasteiger partial charge in [0.1, 0.15) is 11.3 Å². The van der Waals surface area contributed by atoms with Gasteiger partial charge in [0, 0.05) is 5.56 Å². The SMILES string of the molecule is CCc1cc(C(=O)O)c(O)c(C(C)(C)CC(C)(C)C)c1. The Morgan fingerprint density at radius 2 is 1.70 bits per heavy atom. The molecule has 0 aliphatic rings. The first kappa shape index (κ1) is 16.5. The zero-order valence-corrected chi connectivity index (χ0v) is 13.4. The second-order valence-electron chi connectivity index (χ2n) is 7.32. The summed E-state index contributed by atoms with van der Waals surface area (Å²) in [7, 11) is 0. The van der Waals surface area contributed by atoms with Crippen LogP contribution in [0.4, 0.5) is 0 Å². The maximum atomic E-state index is 11.3. The summed E-state index contributed by atoms with van der Waals surface area (Å²) in [5.74, 6) is -1.17. The lowest BCUT2D eigenvalue weighted by molar-refractivity contribution is 0.0693. The number of aryl methyl sites for hydroxylation is 1. The molecule has 0 radical (unpaired) electrons. The van der Waals surface area contributed by atoms with E-state index in [2.05, 4.69) is 34.6 Å². The van der Waals surface area contributed by atoms with Crippen LogP contribution in [0.1, 0.15) is 69.4 Å². The molecule has 2 N–H and O–H groups in total. The molecule has 0 amide bonds. The Bertz CT molecular complexity index is 508. The molecule has 1 aromatic rings. The highest BCUT2D eigenvalue weighted by molar-refractivity contribution is 5.91. The lowest BCUT2D eigenvalue weighted by atomic mass is 9.71. The topological polar surface area (TPSA) is 57.5 Å². The molecule has 0 unspecified atom stereocenters. The molecule has 3 nitrogen and oxygen atoms in total. The average molecular weight is 278 g/mol. The van der Waals surface area contributed by atoms with E-state index in [0.29, 0.717) is 0 Å². The standard InChI is InChI=1S/C17H26O3/c1-7-11-8-12(15(19)20)14(18)13(9-11)17(5,6)10-16(2,3)4/h8-9,18H,7,10H2,1-6H3,(H,19,20). The molecule has 0 aliphatic heterocycles. The van der Waals surface area contributed by atoms with Gasteiger partial charge >= 0.3 is 5.97 Å². The van der Waals surface area contributed by atoms with Crippen molar-refractivity contribution >= 4 is 5.97 Å². The minimum absolute atomic E-state index is 0.00124. The highest BCUT2D eigenvalue weighted by Crippen LogP contribution is 2.41. The van der Waals surface area contributed by atoms with Gasteiger partial charge in [-0.15, -0.1) is 0 Å². The number of aromatic carboxylic acids is 1. The van der Waals surface area contributed by atoms with Crippen LogP contribution in [0, 0.1) is 5.41 Å². The van der Waals surface area contributed by atoms with Crippen molar-refractivity contribution in [3.05, 3.63) is 28.8 Å². The summed E-state index contributed by atoms with van der Waals surface area (Å²) < 4.78 is 0. The Morgan fingerprint density at radius 1 is 1.15 bits per heavy atom. The molecule has 112 valence electrons. The summed E-state index contributed by atoms with van der Waals surface area (Å²) in [6.07, 6.45) is 1.61. The second kappa shape index (κ2) is 5.47. The first-order valence-electron chi connectivity index (χ1n) is 7.07. The highest BCUT2D eigenvalue weighted by Gasteiger charge is 2.31. The Morgan fingerprint density at radius 3 is 2.10 bits per heavy atom. The molecule has 3 heteroatoms. The average Bonchev–Trinajstić information content (AvgIpc) is 2.25. The van der Waals surface area contributed by atoms with E-state index >= 15 is 0 Å². The van der Waals surface area contributed by atoms with Crippen LogP contribution < -0.4 is 0 Å². The number of hydrogen-bond acceptors (Lipinski definition) is 2. The molecule has 0 saturated carbocycles. The quantitative estimate of drug-likeness (QED) is 0.860. The van der Waals surface area contributed by atoms with Gasteiger partial charge in [-0.1, -0.05) is 47.6 Å². The number of carboxylic acids is 1. The fourth-order valence-corrected chi connectivity index (χ4v) is 3.00. The maximum Gasteiger partial charge on any atom is 0.339 e. The number of carboxylic acid groups (broad SMARTS) is 1. The van der Waals surface area contributed by atoms with Gasteiger partial charge in [-0.2, -0.15) is 0 Å². The predicted molar refractivity (Wildman–Crippen MR) is 81.5 cm³/mol. The summed E-state index contributed by atoms with van der Waals surface area (Å²) >= 11 is 0. The van der Waals surface area contributed by atoms with E-state index in [4.69, 9.17) is 0 Å². The highest BCUT2D eigenvalue weighted by atomic mass is 16.4. The normalized spacial score (nSPS) is 12.5. The third-order valence-corrected chi connectivity index (χ3v) is 3.51. The molecule has 1 rings (SSSR count). The van der Waals surface area contributed by atoms with E-state index in [-0.39, 0.29) is 22.1 Å². The van der Waals surface area contributed by atoms with Gasteiger partial charge in [0.25, 0.3) is 0 Å². The predicted octanol–water partition coefficient (Wildman–Crippen LogP) is 4.37. The van der Waals surface area contributed by atoms with Gasteiger partial charge in [0.05, 0.1) is 0 Å². The molecule has 0 saturated heterocycles. The zero-order chi connectivity index (χ0) is 15.7. The monoisotopic (exact) mass is 278 g/mol. The fraction of sp³-hybridized carbons (Fsp3) is 0.588. The number of rotatable bonds is 4. The van der Waals surface area contributed by atoms with Crippen LogP contribution in [-0.2, 0) is 11.8 Å². The van der Waals surface area contributed by atoms with E-state index < -0.39 is 5.97 Å². The minimum Gasteiger partial charge on any atom is -0.507 e. The maximum absolute atomic E-state index is 11.3. The summed E-state index contributed by atoms with van der Waals surface area (Å²) in [5, 5.41) is 19.6. The Kier molecular flexibility index (Phi) is 4.52. The first-order chi connectivity index (χ1) is 8.98. The van der Waals surface area contributed by atoms with E-state index in [1.54, 1.807) is 6.07 Å². The van der Waals surface area contributed by atoms with E-state index in [9.17, 15) is 15.0 Å². The van der Waals surface area contributed by atoms with Crippen molar-refractivity contribution in [2.24, 2.45) is 5.41 Å². The molecule has 1 aromatic carbocycles. The number of hydrogen-bond donors (Lipinski definition) is 2. The zero-order valence-electron chi connectivity index (χ0n) is 13.4. The summed E-state index contributed by atoms with van der Waals surface area (Å²) in [4.78, 5) is 11.3. The molecule has 0 aliphatic carbocycles. The minimum atomic E-state index is -1.08. The van der Waals surface area contributed by atoms with Crippen molar-refractivity contribution in [2.45, 2.75) is 59.8 Å². The van der Waals surface area contributed by atoms with Crippen molar-refractivity contribution in [1.82, 2.24) is 0 Å². The number of aromatic hydroxyl groups is 1. The van der Waals surface area contributed by atoms with Crippen LogP contribution in [0.5, 0.6) is 5.75 Å². The van der Waals surface area contributed by atoms with Gasteiger partial charge in [0.2, 0.25) is 0 Å². The molecule has 20 heavy (non-hydrogen) atoms. The third-order valence-electron chi connectivity index (χ3n) is 3.51. The second-order valence-corrected chi connectivity index (χ2v) is 7.32. The molecule has 0 fully saturated rings. The largest absolute Gasteiger partial charge is 0.507 e. The Labute approximate surface area is 121 Å². The first-order valence-corrected chi connectivity index (χ1v) is 7.07. The molecule has 0 spiro atoms. The van der Waals surface area contributed by atoms with E-state index in [0.717, 1.165) is 24.0 Å². The lowest BCUT2D eigenvalue weighted by Crippen LogP contribution is -2.25. The van der Waals surface area contributed by atoms with Gasteiger partial charge in [-0.05, 0) is 35.3 Å². The molecule has 0 atom stereocenters. The number of phenols is 1. The van der Waals surface area contributed by atoms with Crippen molar-refractivity contribution in [3.63, 3.8) is 0 Å². The summed E-state index contributed by atoms with van der Waals surface area (Å²) in [6, 6.07) is 3.50. The van der Waals surface area contributed by atoms with Crippen LogP contribution in [0.15, 0.2) is 12.1 Å². The summed E-state index contributed by atoms with van der Waals surface area (Å²) in [6.45, 7) is 12.5. The van der Waals surface area contributed by atoms with E-state index in [1.807, 2.05) is 13.0 Å². The number of carbonyl (C=O) groups is 1. The lowest BCUT2D eigenvalue weighted by Gasteiger charge is -2.34. The van der Waals surface area contributed by atoms with Crippen molar-refractivity contribution in [3.8, 4) is 5.75 Å². The van der Waals surface area contributed by atoms with Crippen molar-refractivity contribution in [2.75, 3.05) is 0 Å². The molecule has 0 heterocycles.